The lowest BCUT2D eigenvalue weighted by Crippen LogP contribution is -2.55. The highest BCUT2D eigenvalue weighted by Crippen LogP contribution is 2.30. The first kappa shape index (κ1) is 18.7. The first-order valence-electron chi connectivity index (χ1n) is 8.64. The number of morpholine rings is 1. The van der Waals surface area contributed by atoms with Crippen LogP contribution in [-0.2, 0) is 14.3 Å². The maximum atomic E-state index is 12.9. The van der Waals surface area contributed by atoms with E-state index in [1.54, 1.807) is 0 Å². The van der Waals surface area contributed by atoms with Crippen LogP contribution in [0.15, 0.2) is 30.3 Å². The van der Waals surface area contributed by atoms with Gasteiger partial charge in [0.15, 0.2) is 0 Å². The van der Waals surface area contributed by atoms with Crippen molar-refractivity contribution >= 4 is 11.8 Å². The molecule has 0 saturated carbocycles. The fraction of sp³-hybridized carbons (Fsp3) is 0.556. The van der Waals surface area contributed by atoms with E-state index in [-0.39, 0.29) is 31.7 Å². The molecule has 5 nitrogen and oxygen atoms in total. The zero-order valence-electron chi connectivity index (χ0n) is 14.4. The lowest BCUT2D eigenvalue weighted by Gasteiger charge is -2.39. The van der Waals surface area contributed by atoms with Gasteiger partial charge in [0.25, 0.3) is 0 Å². The molecular formula is C18H21F3N2O3. The minimum Gasteiger partial charge on any atom is -0.367 e. The van der Waals surface area contributed by atoms with Crippen LogP contribution in [0.5, 0.6) is 0 Å². The van der Waals surface area contributed by atoms with Crippen molar-refractivity contribution in [3.63, 3.8) is 0 Å². The van der Waals surface area contributed by atoms with Crippen molar-refractivity contribution in [2.75, 3.05) is 19.6 Å². The van der Waals surface area contributed by atoms with E-state index in [0.717, 1.165) is 5.56 Å². The van der Waals surface area contributed by atoms with Crippen molar-refractivity contribution in [2.45, 2.75) is 44.2 Å². The summed E-state index contributed by atoms with van der Waals surface area (Å²) in [6.45, 7) is 2.34. The summed E-state index contributed by atoms with van der Waals surface area (Å²) in [6.07, 6.45) is -4.90. The lowest BCUT2D eigenvalue weighted by molar-refractivity contribution is -0.188. The number of likely N-dealkylation sites (tertiary alicyclic amines) is 1. The number of amides is 2. The van der Waals surface area contributed by atoms with Crippen LogP contribution in [-0.4, -0.2) is 59.6 Å². The number of ether oxygens (including phenoxy) is 1. The Labute approximate surface area is 149 Å². The van der Waals surface area contributed by atoms with Crippen LogP contribution in [0.25, 0.3) is 0 Å². The third kappa shape index (κ3) is 3.85. The minimum atomic E-state index is -4.96. The largest absolute Gasteiger partial charge is 0.471 e. The monoisotopic (exact) mass is 370 g/mol. The number of carbonyl (C=O) groups excluding carboxylic acids is 2. The van der Waals surface area contributed by atoms with E-state index in [1.165, 1.54) is 4.90 Å². The average molecular weight is 370 g/mol. The van der Waals surface area contributed by atoms with Crippen molar-refractivity contribution in [1.82, 2.24) is 9.80 Å². The summed E-state index contributed by atoms with van der Waals surface area (Å²) in [4.78, 5) is 26.7. The summed E-state index contributed by atoms with van der Waals surface area (Å²) < 4.78 is 44.3. The van der Waals surface area contributed by atoms with Crippen LogP contribution in [0.3, 0.4) is 0 Å². The second kappa shape index (κ2) is 7.26. The molecule has 2 heterocycles. The summed E-state index contributed by atoms with van der Waals surface area (Å²) in [5.74, 6) is -2.37. The molecule has 26 heavy (non-hydrogen) atoms. The van der Waals surface area contributed by atoms with Crippen molar-refractivity contribution < 1.29 is 27.5 Å². The van der Waals surface area contributed by atoms with Gasteiger partial charge in [0.1, 0.15) is 12.1 Å². The molecule has 2 fully saturated rings. The molecule has 0 N–H and O–H groups in total. The zero-order chi connectivity index (χ0) is 18.9. The Hall–Kier alpha value is -2.09. The van der Waals surface area contributed by atoms with Crippen molar-refractivity contribution in [3.8, 4) is 0 Å². The van der Waals surface area contributed by atoms with Crippen LogP contribution in [0, 0.1) is 0 Å². The van der Waals surface area contributed by atoms with Crippen LogP contribution < -0.4 is 0 Å². The van der Waals surface area contributed by atoms with Gasteiger partial charge in [-0.3, -0.25) is 9.59 Å². The van der Waals surface area contributed by atoms with Crippen LogP contribution in [0.1, 0.15) is 31.4 Å². The first-order valence-corrected chi connectivity index (χ1v) is 8.64. The highest BCUT2D eigenvalue weighted by atomic mass is 19.4. The molecule has 1 aromatic carbocycles. The molecule has 2 aliphatic heterocycles. The van der Waals surface area contributed by atoms with Crippen molar-refractivity contribution in [2.24, 2.45) is 0 Å². The van der Waals surface area contributed by atoms with E-state index in [1.807, 2.05) is 37.3 Å². The predicted molar refractivity (Wildman–Crippen MR) is 87.1 cm³/mol. The van der Waals surface area contributed by atoms with Gasteiger partial charge in [0.2, 0.25) is 5.91 Å². The third-order valence-electron chi connectivity index (χ3n) is 4.78. The Balaban J connectivity index is 1.75. The minimum absolute atomic E-state index is 0.0449. The Morgan fingerprint density at radius 3 is 2.50 bits per heavy atom. The average Bonchev–Trinajstić information content (AvgIpc) is 3.09. The summed E-state index contributed by atoms with van der Waals surface area (Å²) in [5.41, 5.74) is 0.909. The summed E-state index contributed by atoms with van der Waals surface area (Å²) >= 11 is 0. The van der Waals surface area contributed by atoms with Gasteiger partial charge in [-0.25, -0.2) is 0 Å². The second-order valence-corrected chi connectivity index (χ2v) is 6.74. The Kier molecular flexibility index (Phi) is 5.22. The van der Waals surface area contributed by atoms with Crippen LogP contribution in [0.4, 0.5) is 13.2 Å². The van der Waals surface area contributed by atoms with Crippen LogP contribution >= 0.6 is 0 Å². The standard InChI is InChI=1S/C18H21F3N2O3/c1-12-10-22(11-15(26-12)13-6-3-2-4-7-13)16(24)14-8-5-9-23(14)17(25)18(19,20)21/h2-4,6-7,12,14-15H,5,8-11H2,1H3. The number of rotatable bonds is 2. The van der Waals surface area contributed by atoms with E-state index < -0.39 is 24.0 Å². The number of carbonyl (C=O) groups is 2. The zero-order valence-corrected chi connectivity index (χ0v) is 14.4. The number of benzene rings is 1. The number of hydrogen-bond acceptors (Lipinski definition) is 3. The highest BCUT2D eigenvalue weighted by Gasteiger charge is 2.48. The van der Waals surface area contributed by atoms with Gasteiger partial charge in [-0.15, -0.1) is 0 Å². The molecule has 1 aromatic rings. The Bertz CT molecular complexity index is 665. The SMILES string of the molecule is CC1CN(C(=O)C2CCCN2C(=O)C(F)(F)F)CC(c2ccccc2)O1. The molecule has 8 heteroatoms. The van der Waals surface area contributed by atoms with Gasteiger partial charge in [0.05, 0.1) is 12.6 Å². The third-order valence-corrected chi connectivity index (χ3v) is 4.78. The van der Waals surface area contributed by atoms with E-state index in [4.69, 9.17) is 4.74 Å². The second-order valence-electron chi connectivity index (χ2n) is 6.74. The normalized spacial score (nSPS) is 26.8. The number of nitrogens with zero attached hydrogens (tertiary/aromatic N) is 2. The molecule has 3 rings (SSSR count). The van der Waals surface area contributed by atoms with Gasteiger partial charge in [0, 0.05) is 13.1 Å². The summed E-state index contributed by atoms with van der Waals surface area (Å²) in [6, 6.07) is 8.33. The fourth-order valence-corrected chi connectivity index (χ4v) is 3.62. The van der Waals surface area contributed by atoms with Gasteiger partial charge in [-0.2, -0.15) is 13.2 Å². The van der Waals surface area contributed by atoms with Gasteiger partial charge in [-0.1, -0.05) is 30.3 Å². The molecule has 0 spiro atoms. The molecule has 0 radical (unpaired) electrons. The maximum Gasteiger partial charge on any atom is 0.471 e. The first-order chi connectivity index (χ1) is 12.3. The molecule has 0 bridgehead atoms. The molecule has 3 unspecified atom stereocenters. The molecule has 0 aromatic heterocycles. The smallest absolute Gasteiger partial charge is 0.367 e. The summed E-state index contributed by atoms with van der Waals surface area (Å²) in [5, 5.41) is 0. The maximum absolute atomic E-state index is 12.9. The lowest BCUT2D eigenvalue weighted by atomic mass is 10.1. The van der Waals surface area contributed by atoms with Crippen molar-refractivity contribution in [3.05, 3.63) is 35.9 Å². The molecule has 2 amide bonds. The van der Waals surface area contributed by atoms with Gasteiger partial charge >= 0.3 is 12.1 Å². The van der Waals surface area contributed by atoms with Crippen LogP contribution in [0.2, 0.25) is 0 Å². The summed E-state index contributed by atoms with van der Waals surface area (Å²) in [7, 11) is 0. The predicted octanol–water partition coefficient (Wildman–Crippen LogP) is 2.53. The number of alkyl halides is 3. The molecular weight excluding hydrogens is 349 g/mol. The van der Waals surface area contributed by atoms with E-state index in [0.29, 0.717) is 17.9 Å². The molecule has 2 saturated heterocycles. The quantitative estimate of drug-likeness (QED) is 0.804. The topological polar surface area (TPSA) is 49.9 Å². The Morgan fingerprint density at radius 1 is 1.15 bits per heavy atom. The van der Waals surface area contributed by atoms with E-state index in [2.05, 4.69) is 0 Å². The Morgan fingerprint density at radius 2 is 1.85 bits per heavy atom. The highest BCUT2D eigenvalue weighted by molar-refractivity contribution is 5.90. The van der Waals surface area contributed by atoms with E-state index >= 15 is 0 Å². The van der Waals surface area contributed by atoms with Gasteiger partial charge in [-0.05, 0) is 25.3 Å². The molecule has 2 aliphatic rings. The van der Waals surface area contributed by atoms with E-state index in [9.17, 15) is 22.8 Å². The molecule has 142 valence electrons. The van der Waals surface area contributed by atoms with Gasteiger partial charge < -0.3 is 14.5 Å². The number of hydrogen-bond donors (Lipinski definition) is 0. The molecule has 0 aliphatic carbocycles. The number of halogens is 3. The fourth-order valence-electron chi connectivity index (χ4n) is 3.62. The molecule has 3 atom stereocenters. The van der Waals surface area contributed by atoms with Crippen molar-refractivity contribution in [1.29, 1.82) is 0 Å².